The van der Waals surface area contributed by atoms with E-state index in [4.69, 9.17) is 0 Å². The summed E-state index contributed by atoms with van der Waals surface area (Å²) < 4.78 is 43.1. The van der Waals surface area contributed by atoms with Crippen LogP contribution in [0.3, 0.4) is 0 Å². The number of nitrogens with zero attached hydrogens (tertiary/aromatic N) is 5. The van der Waals surface area contributed by atoms with E-state index in [0.29, 0.717) is 43.0 Å². The third kappa shape index (κ3) is 8.57. The number of aryl methyl sites for hydroxylation is 1. The zero-order valence-corrected chi connectivity index (χ0v) is 25.0. The van der Waals surface area contributed by atoms with E-state index in [1.54, 1.807) is 36.0 Å². The summed E-state index contributed by atoms with van der Waals surface area (Å²) in [6, 6.07) is 12.8. The van der Waals surface area contributed by atoms with Crippen molar-refractivity contribution in [2.24, 2.45) is 0 Å². The van der Waals surface area contributed by atoms with E-state index < -0.39 is 12.1 Å². The maximum atomic E-state index is 13.4. The molecule has 2 heterocycles. The molecule has 1 aliphatic rings. The van der Waals surface area contributed by atoms with Crippen molar-refractivity contribution in [3.8, 4) is 11.4 Å². The molecule has 0 aliphatic carbocycles. The molecular weight excluding hydrogens is 598 g/mol. The maximum Gasteiger partial charge on any atom is 0.471 e. The summed E-state index contributed by atoms with van der Waals surface area (Å²) in [5.74, 6) is -2.12. The minimum Gasteiger partial charge on any atom is -0.353 e. The summed E-state index contributed by atoms with van der Waals surface area (Å²) >= 11 is 0. The van der Waals surface area contributed by atoms with Crippen LogP contribution < -0.4 is 15.5 Å². The van der Waals surface area contributed by atoms with Gasteiger partial charge in [0.1, 0.15) is 0 Å². The zero-order valence-electron chi connectivity index (χ0n) is 23.4. The molecule has 0 atom stereocenters. The molecule has 2 aromatic carbocycles. The van der Waals surface area contributed by atoms with Crippen LogP contribution in [-0.2, 0) is 28.9 Å². The number of amides is 2. The van der Waals surface area contributed by atoms with Gasteiger partial charge >= 0.3 is 12.1 Å². The summed E-state index contributed by atoms with van der Waals surface area (Å²) in [6.45, 7) is 6.54. The average molecular weight is 633 g/mol. The Kier molecular flexibility index (Phi) is 12.6. The Morgan fingerprint density at radius 1 is 1.05 bits per heavy atom. The maximum absolute atomic E-state index is 13.4. The zero-order chi connectivity index (χ0) is 28.9. The second kappa shape index (κ2) is 15.2. The first-order valence-electron chi connectivity index (χ1n) is 12.9. The molecule has 0 radical (unpaired) electrons. The van der Waals surface area contributed by atoms with E-state index >= 15 is 0 Å². The van der Waals surface area contributed by atoms with Crippen molar-refractivity contribution in [1.29, 1.82) is 0 Å². The number of hydrogen-bond acceptors (Lipinski definition) is 8. The number of benzene rings is 2. The SMILES string of the molecule is CCNCCNC(=O)CN(CC(=O)N(C)N1Cc2ccccc2C1)c1ccc(-c2noc(C(F)(F)F)n2)cc1C.Cl.Cl. The average Bonchev–Trinajstić information content (AvgIpc) is 3.58. The van der Waals surface area contributed by atoms with Gasteiger partial charge in [-0.1, -0.05) is 36.3 Å². The number of rotatable bonds is 11. The number of hydrazine groups is 1. The van der Waals surface area contributed by atoms with Crippen LogP contribution in [-0.4, -0.2) is 71.7 Å². The molecule has 1 aliphatic heterocycles. The highest BCUT2D eigenvalue weighted by Gasteiger charge is 2.38. The van der Waals surface area contributed by atoms with Gasteiger partial charge in [0.15, 0.2) is 0 Å². The fourth-order valence-corrected chi connectivity index (χ4v) is 4.48. The normalized spacial score (nSPS) is 12.6. The Labute approximate surface area is 254 Å². The van der Waals surface area contributed by atoms with Crippen LogP contribution in [0, 0.1) is 6.92 Å². The minimum absolute atomic E-state index is 0. The molecule has 0 spiro atoms. The molecule has 2 N–H and O–H groups in total. The lowest BCUT2D eigenvalue weighted by molar-refractivity contribution is -0.159. The van der Waals surface area contributed by atoms with Crippen molar-refractivity contribution in [3.05, 3.63) is 65.0 Å². The third-order valence-electron chi connectivity index (χ3n) is 6.61. The van der Waals surface area contributed by atoms with Crippen LogP contribution >= 0.6 is 24.8 Å². The second-order valence-electron chi connectivity index (χ2n) is 9.49. The minimum atomic E-state index is -4.75. The Bertz CT molecular complexity index is 1330. The van der Waals surface area contributed by atoms with Crippen molar-refractivity contribution < 1.29 is 27.3 Å². The quantitative estimate of drug-likeness (QED) is 0.308. The van der Waals surface area contributed by atoms with Gasteiger partial charge < -0.3 is 20.1 Å². The van der Waals surface area contributed by atoms with Gasteiger partial charge in [-0.3, -0.25) is 14.6 Å². The molecule has 0 saturated carbocycles. The fourth-order valence-electron chi connectivity index (χ4n) is 4.48. The smallest absolute Gasteiger partial charge is 0.353 e. The van der Waals surface area contributed by atoms with Crippen molar-refractivity contribution in [1.82, 2.24) is 30.8 Å². The van der Waals surface area contributed by atoms with Crippen molar-refractivity contribution in [2.75, 3.05) is 44.7 Å². The Morgan fingerprint density at radius 2 is 1.71 bits per heavy atom. The lowest BCUT2D eigenvalue weighted by Crippen LogP contribution is -2.48. The number of nitrogens with one attached hydrogen (secondary N) is 2. The molecule has 2 amide bonds. The van der Waals surface area contributed by atoms with Gasteiger partial charge in [0.05, 0.1) is 13.1 Å². The Balaban J connectivity index is 0.00000308. The molecule has 3 aromatic rings. The number of fused-ring (bicyclic) bond motifs is 1. The summed E-state index contributed by atoms with van der Waals surface area (Å²) in [7, 11) is 1.70. The van der Waals surface area contributed by atoms with Crippen LogP contribution in [0.4, 0.5) is 18.9 Å². The van der Waals surface area contributed by atoms with Crippen LogP contribution in [0.5, 0.6) is 0 Å². The molecule has 15 heteroatoms. The summed E-state index contributed by atoms with van der Waals surface area (Å²) in [5.41, 5.74) is 3.83. The molecule has 0 fully saturated rings. The second-order valence-corrected chi connectivity index (χ2v) is 9.49. The van der Waals surface area contributed by atoms with Gasteiger partial charge in [-0.15, -0.1) is 24.8 Å². The number of carbonyl (C=O) groups excluding carboxylic acids is 2. The van der Waals surface area contributed by atoms with Gasteiger partial charge in [-0.25, -0.2) is 5.01 Å². The van der Waals surface area contributed by atoms with Gasteiger partial charge in [-0.05, 0) is 48.4 Å². The van der Waals surface area contributed by atoms with Gasteiger partial charge in [0, 0.05) is 44.5 Å². The highest BCUT2D eigenvalue weighted by Crippen LogP contribution is 2.31. The molecule has 0 unspecified atom stereocenters. The number of hydrogen-bond donors (Lipinski definition) is 2. The van der Waals surface area contributed by atoms with Crippen LogP contribution in [0.1, 0.15) is 29.5 Å². The standard InChI is InChI=1S/C27H32F3N7O3.2ClH/c1-4-31-11-12-32-23(38)16-36(17-24(39)35(3)37-14-20-7-5-6-8-21(20)15-37)22-10-9-19(13-18(22)2)25-33-26(40-34-25)27(28,29)30;;/h5-10,13,31H,4,11-12,14-17H2,1-3H3,(H,32,38);2*1H. The molecule has 0 bridgehead atoms. The van der Waals surface area contributed by atoms with Gasteiger partial charge in [0.2, 0.25) is 11.7 Å². The van der Waals surface area contributed by atoms with E-state index in [0.717, 1.165) is 17.7 Å². The first-order valence-corrected chi connectivity index (χ1v) is 12.9. The third-order valence-corrected chi connectivity index (χ3v) is 6.61. The summed E-state index contributed by atoms with van der Waals surface area (Å²) in [5, 5.41) is 12.9. The first kappa shape index (κ1) is 34.8. The predicted octanol–water partition coefficient (Wildman–Crippen LogP) is 3.83. The lowest BCUT2D eigenvalue weighted by atomic mass is 10.1. The largest absolute Gasteiger partial charge is 0.471 e. The number of halogens is 5. The van der Waals surface area contributed by atoms with Crippen LogP contribution in [0.15, 0.2) is 47.0 Å². The van der Waals surface area contributed by atoms with E-state index in [-0.39, 0.29) is 55.5 Å². The predicted molar refractivity (Wildman–Crippen MR) is 156 cm³/mol. The summed E-state index contributed by atoms with van der Waals surface area (Å²) in [6.07, 6.45) is -4.75. The van der Waals surface area contributed by atoms with E-state index in [1.807, 2.05) is 36.2 Å². The molecule has 4 rings (SSSR count). The van der Waals surface area contributed by atoms with E-state index in [9.17, 15) is 22.8 Å². The lowest BCUT2D eigenvalue weighted by Gasteiger charge is -2.32. The van der Waals surface area contributed by atoms with Crippen molar-refractivity contribution in [3.63, 3.8) is 0 Å². The number of anilines is 1. The molecule has 42 heavy (non-hydrogen) atoms. The topological polar surface area (TPSA) is 107 Å². The van der Waals surface area contributed by atoms with Crippen molar-refractivity contribution in [2.45, 2.75) is 33.1 Å². The van der Waals surface area contributed by atoms with E-state index in [2.05, 4.69) is 25.3 Å². The first-order chi connectivity index (χ1) is 19.1. The van der Waals surface area contributed by atoms with Gasteiger partial charge in [0.25, 0.3) is 5.91 Å². The summed E-state index contributed by atoms with van der Waals surface area (Å²) in [4.78, 5) is 31.3. The van der Waals surface area contributed by atoms with Crippen LogP contribution in [0.2, 0.25) is 0 Å². The monoisotopic (exact) mass is 631 g/mol. The number of likely N-dealkylation sites (N-methyl/N-ethyl adjacent to an activating group) is 2. The molecule has 0 saturated heterocycles. The molecule has 1 aromatic heterocycles. The molecule has 10 nitrogen and oxygen atoms in total. The Hall–Kier alpha value is -3.39. The fraction of sp³-hybridized carbons (Fsp3) is 0.407. The van der Waals surface area contributed by atoms with Crippen LogP contribution in [0.25, 0.3) is 11.4 Å². The van der Waals surface area contributed by atoms with E-state index in [1.165, 1.54) is 6.07 Å². The highest BCUT2D eigenvalue weighted by atomic mass is 35.5. The highest BCUT2D eigenvalue weighted by molar-refractivity contribution is 5.87. The number of carbonyl (C=O) groups is 2. The Morgan fingerprint density at radius 3 is 2.29 bits per heavy atom. The number of alkyl halides is 3. The number of aromatic nitrogens is 2. The molecular formula is C27H34Cl2F3N7O3. The van der Waals surface area contributed by atoms with Crippen molar-refractivity contribution >= 4 is 42.3 Å². The van der Waals surface area contributed by atoms with Gasteiger partial charge in [-0.2, -0.15) is 18.2 Å². The molecule has 230 valence electrons.